The van der Waals surface area contributed by atoms with E-state index in [0.717, 1.165) is 22.9 Å². The van der Waals surface area contributed by atoms with Crippen molar-refractivity contribution in [2.75, 3.05) is 10.6 Å². The molecule has 2 N–H and O–H groups in total. The average molecular weight is 339 g/mol. The van der Waals surface area contributed by atoms with E-state index in [1.54, 1.807) is 6.20 Å². The highest BCUT2D eigenvalue weighted by atomic mass is 35.5. The molecular formula is C19H19ClN4. The zero-order valence-corrected chi connectivity index (χ0v) is 14.2. The Balaban J connectivity index is 1.57. The Morgan fingerprint density at radius 1 is 0.833 bits per heavy atom. The van der Waals surface area contributed by atoms with Gasteiger partial charge in [-0.05, 0) is 36.2 Å². The summed E-state index contributed by atoms with van der Waals surface area (Å²) < 4.78 is 0. The lowest BCUT2D eigenvalue weighted by Gasteiger charge is -2.09. The van der Waals surface area contributed by atoms with Crippen LogP contribution in [0.2, 0.25) is 5.02 Å². The fourth-order valence-electron chi connectivity index (χ4n) is 2.22. The van der Waals surface area contributed by atoms with E-state index in [-0.39, 0.29) is 0 Å². The molecule has 0 aliphatic rings. The first kappa shape index (κ1) is 16.3. The molecule has 0 radical (unpaired) electrons. The van der Waals surface area contributed by atoms with E-state index in [4.69, 9.17) is 11.6 Å². The summed E-state index contributed by atoms with van der Waals surface area (Å²) in [6.07, 6.45) is 1.74. The minimum Gasteiger partial charge on any atom is -0.366 e. The summed E-state index contributed by atoms with van der Waals surface area (Å²) in [5.74, 6) is 1.39. The maximum absolute atomic E-state index is 5.89. The van der Waals surface area contributed by atoms with Crippen LogP contribution in [-0.4, -0.2) is 9.97 Å². The topological polar surface area (TPSA) is 49.8 Å². The molecule has 4 nitrogen and oxygen atoms in total. The van der Waals surface area contributed by atoms with Gasteiger partial charge in [-0.2, -0.15) is 4.98 Å². The van der Waals surface area contributed by atoms with E-state index >= 15 is 0 Å². The fraction of sp³-hybridized carbons (Fsp3) is 0.158. The maximum atomic E-state index is 5.89. The van der Waals surface area contributed by atoms with Crippen LogP contribution in [0, 0.1) is 6.92 Å². The third-order valence-corrected chi connectivity index (χ3v) is 3.87. The number of benzene rings is 2. The Kier molecular flexibility index (Phi) is 5.29. The molecular weight excluding hydrogens is 320 g/mol. The van der Waals surface area contributed by atoms with Crippen molar-refractivity contribution >= 4 is 23.4 Å². The van der Waals surface area contributed by atoms with Gasteiger partial charge in [0.15, 0.2) is 0 Å². The number of anilines is 2. The Bertz CT molecular complexity index is 720. The van der Waals surface area contributed by atoms with Crippen molar-refractivity contribution in [3.63, 3.8) is 0 Å². The highest BCUT2D eigenvalue weighted by Gasteiger charge is 2.00. The molecule has 3 aromatic rings. The van der Waals surface area contributed by atoms with Crippen LogP contribution in [0.25, 0.3) is 0 Å². The smallest absolute Gasteiger partial charge is 0.224 e. The van der Waals surface area contributed by atoms with Crippen molar-refractivity contribution in [1.29, 1.82) is 0 Å². The number of aromatic nitrogens is 2. The minimum absolute atomic E-state index is 0.596. The lowest BCUT2D eigenvalue weighted by molar-refractivity contribution is 1.03. The predicted octanol–water partition coefficient (Wildman–Crippen LogP) is 4.66. The third kappa shape index (κ3) is 4.70. The number of hydrogen-bond donors (Lipinski definition) is 2. The normalized spacial score (nSPS) is 10.4. The van der Waals surface area contributed by atoms with Crippen molar-refractivity contribution in [2.24, 2.45) is 0 Å². The minimum atomic E-state index is 0.596. The first-order valence-electron chi connectivity index (χ1n) is 7.80. The Labute approximate surface area is 146 Å². The molecule has 3 rings (SSSR count). The summed E-state index contributed by atoms with van der Waals surface area (Å²) in [6.45, 7) is 3.47. The summed E-state index contributed by atoms with van der Waals surface area (Å²) in [7, 11) is 0. The first-order chi connectivity index (χ1) is 11.7. The largest absolute Gasteiger partial charge is 0.366 e. The molecule has 5 heteroatoms. The van der Waals surface area contributed by atoms with Gasteiger partial charge >= 0.3 is 0 Å². The Hall–Kier alpha value is -2.59. The zero-order chi connectivity index (χ0) is 16.8. The Morgan fingerprint density at radius 3 is 2.17 bits per heavy atom. The number of rotatable bonds is 6. The van der Waals surface area contributed by atoms with Crippen LogP contribution in [0.5, 0.6) is 0 Å². The summed E-state index contributed by atoms with van der Waals surface area (Å²) in [4.78, 5) is 8.73. The molecule has 24 heavy (non-hydrogen) atoms. The van der Waals surface area contributed by atoms with Gasteiger partial charge in [-0.3, -0.25) is 0 Å². The van der Waals surface area contributed by atoms with E-state index in [2.05, 4.69) is 51.8 Å². The van der Waals surface area contributed by atoms with Gasteiger partial charge in [0.2, 0.25) is 5.95 Å². The molecule has 0 amide bonds. The quantitative estimate of drug-likeness (QED) is 0.686. The van der Waals surface area contributed by atoms with Crippen LogP contribution < -0.4 is 10.6 Å². The highest BCUT2D eigenvalue weighted by Crippen LogP contribution is 2.12. The standard InChI is InChI=1S/C19H19ClN4/c1-14-2-4-15(5-3-14)12-22-18-10-11-21-19(24-18)23-13-16-6-8-17(20)9-7-16/h2-11H,12-13H2,1H3,(H2,21,22,23,24). The molecule has 2 aromatic carbocycles. The lowest BCUT2D eigenvalue weighted by Crippen LogP contribution is -2.06. The van der Waals surface area contributed by atoms with Crippen molar-refractivity contribution in [3.8, 4) is 0 Å². The lowest BCUT2D eigenvalue weighted by atomic mass is 10.1. The number of aryl methyl sites for hydroxylation is 1. The molecule has 1 heterocycles. The molecule has 0 fully saturated rings. The number of halogens is 1. The van der Waals surface area contributed by atoms with Gasteiger partial charge in [-0.1, -0.05) is 53.6 Å². The van der Waals surface area contributed by atoms with E-state index in [1.165, 1.54) is 11.1 Å². The molecule has 0 saturated carbocycles. The van der Waals surface area contributed by atoms with Crippen LogP contribution in [0.1, 0.15) is 16.7 Å². The molecule has 0 aliphatic heterocycles. The van der Waals surface area contributed by atoms with Crippen LogP contribution in [0.15, 0.2) is 60.8 Å². The van der Waals surface area contributed by atoms with Crippen molar-refractivity contribution in [2.45, 2.75) is 20.0 Å². The number of nitrogens with one attached hydrogen (secondary N) is 2. The van der Waals surface area contributed by atoms with E-state index in [9.17, 15) is 0 Å². The molecule has 0 spiro atoms. The van der Waals surface area contributed by atoms with E-state index in [1.807, 2.05) is 30.3 Å². The molecule has 122 valence electrons. The average Bonchev–Trinajstić information content (AvgIpc) is 2.61. The second kappa shape index (κ2) is 7.79. The summed E-state index contributed by atoms with van der Waals surface area (Å²) >= 11 is 5.89. The van der Waals surface area contributed by atoms with Crippen molar-refractivity contribution in [3.05, 3.63) is 82.5 Å². The van der Waals surface area contributed by atoms with Crippen LogP contribution in [0.3, 0.4) is 0 Å². The molecule has 0 aliphatic carbocycles. The van der Waals surface area contributed by atoms with Crippen molar-refractivity contribution < 1.29 is 0 Å². The second-order valence-electron chi connectivity index (χ2n) is 5.58. The first-order valence-corrected chi connectivity index (χ1v) is 8.17. The molecule has 1 aromatic heterocycles. The zero-order valence-electron chi connectivity index (χ0n) is 13.5. The highest BCUT2D eigenvalue weighted by molar-refractivity contribution is 6.30. The predicted molar refractivity (Wildman–Crippen MR) is 99.3 cm³/mol. The van der Waals surface area contributed by atoms with Crippen molar-refractivity contribution in [1.82, 2.24) is 9.97 Å². The van der Waals surface area contributed by atoms with Gasteiger partial charge in [0.05, 0.1) is 0 Å². The van der Waals surface area contributed by atoms with Crippen LogP contribution >= 0.6 is 11.6 Å². The number of nitrogens with zero attached hydrogens (tertiary/aromatic N) is 2. The van der Waals surface area contributed by atoms with Gasteiger partial charge in [-0.25, -0.2) is 4.98 Å². The van der Waals surface area contributed by atoms with Gasteiger partial charge in [0, 0.05) is 24.3 Å². The monoisotopic (exact) mass is 338 g/mol. The van der Waals surface area contributed by atoms with Crippen LogP contribution in [-0.2, 0) is 13.1 Å². The van der Waals surface area contributed by atoms with E-state index < -0.39 is 0 Å². The van der Waals surface area contributed by atoms with Gasteiger partial charge in [-0.15, -0.1) is 0 Å². The molecule has 0 saturated heterocycles. The fourth-order valence-corrected chi connectivity index (χ4v) is 2.35. The van der Waals surface area contributed by atoms with Crippen LogP contribution in [0.4, 0.5) is 11.8 Å². The van der Waals surface area contributed by atoms with Gasteiger partial charge < -0.3 is 10.6 Å². The SMILES string of the molecule is Cc1ccc(CNc2ccnc(NCc3ccc(Cl)cc3)n2)cc1. The molecule has 0 unspecified atom stereocenters. The third-order valence-electron chi connectivity index (χ3n) is 3.61. The van der Waals surface area contributed by atoms with Gasteiger partial charge in [0.25, 0.3) is 0 Å². The van der Waals surface area contributed by atoms with E-state index in [0.29, 0.717) is 12.5 Å². The second-order valence-corrected chi connectivity index (χ2v) is 6.02. The summed E-state index contributed by atoms with van der Waals surface area (Å²) in [5.41, 5.74) is 3.60. The molecule has 0 bridgehead atoms. The number of hydrogen-bond acceptors (Lipinski definition) is 4. The summed E-state index contributed by atoms with van der Waals surface area (Å²) in [6, 6.07) is 18.0. The summed E-state index contributed by atoms with van der Waals surface area (Å²) in [5, 5.41) is 7.27. The Morgan fingerprint density at radius 2 is 1.46 bits per heavy atom. The molecule has 0 atom stereocenters. The van der Waals surface area contributed by atoms with Gasteiger partial charge in [0.1, 0.15) is 5.82 Å². The maximum Gasteiger partial charge on any atom is 0.224 e.